The number of hydrazine groups is 1. The zero-order valence-electron chi connectivity index (χ0n) is 10.7. The molecule has 0 heterocycles. The van der Waals surface area contributed by atoms with Crippen molar-refractivity contribution in [2.75, 3.05) is 20.8 Å². The van der Waals surface area contributed by atoms with E-state index in [0.717, 1.165) is 23.6 Å². The molecule has 0 atom stereocenters. The van der Waals surface area contributed by atoms with Crippen molar-refractivity contribution >= 4 is 23.5 Å². The molecule has 6 heteroatoms. The van der Waals surface area contributed by atoms with Crippen LogP contribution in [0.3, 0.4) is 0 Å². The molecular weight excluding hydrogens is 250 g/mol. The lowest BCUT2D eigenvalue weighted by Gasteiger charge is -2.05. The van der Waals surface area contributed by atoms with E-state index in [2.05, 4.69) is 15.8 Å². The Morgan fingerprint density at radius 2 is 2.17 bits per heavy atom. The van der Waals surface area contributed by atoms with Crippen LogP contribution >= 0.6 is 12.2 Å². The van der Waals surface area contributed by atoms with E-state index in [1.807, 2.05) is 25.1 Å². The summed E-state index contributed by atoms with van der Waals surface area (Å²) in [5.41, 5.74) is 3.70. The Labute approximate surface area is 112 Å². The van der Waals surface area contributed by atoms with Crippen molar-refractivity contribution in [3.8, 4) is 11.5 Å². The Hall–Kier alpha value is -1.82. The number of hydrogen-bond acceptors (Lipinski definition) is 3. The lowest BCUT2D eigenvalue weighted by Crippen LogP contribution is -2.82. The van der Waals surface area contributed by atoms with Gasteiger partial charge >= 0.3 is 0 Å². The predicted octanol–water partition coefficient (Wildman–Crippen LogP) is -0.398. The fourth-order valence-corrected chi connectivity index (χ4v) is 1.54. The number of ether oxygens (including phenoxy) is 2. The summed E-state index contributed by atoms with van der Waals surface area (Å²) in [5.74, 6) is 1.51. The molecule has 0 saturated carbocycles. The van der Waals surface area contributed by atoms with Gasteiger partial charge in [-0.3, -0.25) is 0 Å². The first kappa shape index (κ1) is 14.2. The zero-order valence-corrected chi connectivity index (χ0v) is 11.6. The van der Waals surface area contributed by atoms with Gasteiger partial charge in [0.1, 0.15) is 11.5 Å². The van der Waals surface area contributed by atoms with Crippen molar-refractivity contribution in [3.63, 3.8) is 0 Å². The molecule has 0 aliphatic heterocycles. The normalized spacial score (nSPS) is 10.2. The van der Waals surface area contributed by atoms with Gasteiger partial charge in [-0.1, -0.05) is 0 Å². The monoisotopic (exact) mass is 268 g/mol. The molecule has 5 nitrogen and oxygen atoms in total. The Bertz CT molecular complexity index is 435. The molecule has 18 heavy (non-hydrogen) atoms. The molecule has 0 saturated heterocycles. The minimum atomic E-state index is 0.538. The highest BCUT2D eigenvalue weighted by Gasteiger charge is 2.05. The third-order valence-corrected chi connectivity index (χ3v) is 2.43. The minimum absolute atomic E-state index is 0.538. The molecule has 1 rings (SSSR count). The molecule has 0 unspecified atom stereocenters. The number of methoxy groups -OCH3 is 2. The summed E-state index contributed by atoms with van der Waals surface area (Å²) < 4.78 is 10.4. The van der Waals surface area contributed by atoms with Crippen LogP contribution in [0, 0.1) is 0 Å². The van der Waals surface area contributed by atoms with E-state index < -0.39 is 0 Å². The molecule has 1 aromatic carbocycles. The van der Waals surface area contributed by atoms with Crippen molar-refractivity contribution in [2.45, 2.75) is 6.92 Å². The van der Waals surface area contributed by atoms with Gasteiger partial charge in [0.15, 0.2) is 0 Å². The van der Waals surface area contributed by atoms with E-state index in [-0.39, 0.29) is 0 Å². The SMILES string of the molecule is CCNC(=S)N[NH+]=Cc1cc(OC)ccc1OC. The quantitative estimate of drug-likeness (QED) is 0.385. The molecule has 0 radical (unpaired) electrons. The van der Waals surface area contributed by atoms with Gasteiger partial charge in [0.05, 0.1) is 19.8 Å². The maximum Gasteiger partial charge on any atom is 0.223 e. The summed E-state index contributed by atoms with van der Waals surface area (Å²) in [7, 11) is 3.24. The van der Waals surface area contributed by atoms with Gasteiger partial charge in [0.2, 0.25) is 11.3 Å². The summed E-state index contributed by atoms with van der Waals surface area (Å²) in [6.45, 7) is 2.75. The molecule has 3 N–H and O–H groups in total. The number of nitrogens with one attached hydrogen (secondary N) is 3. The van der Waals surface area contributed by atoms with Crippen LogP contribution in [0.15, 0.2) is 18.2 Å². The maximum absolute atomic E-state index is 5.25. The average Bonchev–Trinajstić information content (AvgIpc) is 2.39. The van der Waals surface area contributed by atoms with Crippen LogP contribution in [0.5, 0.6) is 11.5 Å². The van der Waals surface area contributed by atoms with Gasteiger partial charge in [0.25, 0.3) is 0 Å². The first-order valence-electron chi connectivity index (χ1n) is 5.55. The first-order valence-corrected chi connectivity index (χ1v) is 5.96. The average molecular weight is 268 g/mol. The number of rotatable bonds is 5. The molecular formula is C12H18N3O2S+. The molecule has 0 aromatic heterocycles. The second kappa shape index (κ2) is 7.50. The second-order valence-electron chi connectivity index (χ2n) is 3.38. The lowest BCUT2D eigenvalue weighted by molar-refractivity contribution is -0.500. The van der Waals surface area contributed by atoms with E-state index in [0.29, 0.717) is 5.11 Å². The van der Waals surface area contributed by atoms with Gasteiger partial charge < -0.3 is 14.8 Å². The molecule has 0 amide bonds. The van der Waals surface area contributed by atoms with Gasteiger partial charge in [-0.15, -0.1) is 10.5 Å². The van der Waals surface area contributed by atoms with Crippen LogP contribution in [0.2, 0.25) is 0 Å². The molecule has 0 aliphatic carbocycles. The first-order chi connectivity index (χ1) is 8.71. The van der Waals surface area contributed by atoms with Gasteiger partial charge in [-0.25, -0.2) is 0 Å². The summed E-state index contributed by atoms with van der Waals surface area (Å²) in [6, 6.07) is 5.55. The van der Waals surface area contributed by atoms with E-state index in [4.69, 9.17) is 21.7 Å². The highest BCUT2D eigenvalue weighted by Crippen LogP contribution is 2.21. The number of thiocarbonyl (C=S) groups is 1. The highest BCUT2D eigenvalue weighted by molar-refractivity contribution is 7.80. The Kier molecular flexibility index (Phi) is 5.93. The fraction of sp³-hybridized carbons (Fsp3) is 0.333. The Morgan fingerprint density at radius 1 is 1.39 bits per heavy atom. The third kappa shape index (κ3) is 4.21. The summed E-state index contributed by atoms with van der Waals surface area (Å²) in [4.78, 5) is 0. The molecule has 0 fully saturated rings. The largest absolute Gasteiger partial charge is 0.497 e. The summed E-state index contributed by atoms with van der Waals surface area (Å²) in [6.07, 6.45) is 1.75. The van der Waals surface area contributed by atoms with Crippen molar-refractivity contribution in [1.82, 2.24) is 10.7 Å². The Morgan fingerprint density at radius 3 is 2.78 bits per heavy atom. The zero-order chi connectivity index (χ0) is 13.4. The van der Waals surface area contributed by atoms with E-state index in [9.17, 15) is 0 Å². The summed E-state index contributed by atoms with van der Waals surface area (Å²) in [5, 5.41) is 6.40. The maximum atomic E-state index is 5.25. The van der Waals surface area contributed by atoms with Crippen LogP contribution in [-0.4, -0.2) is 32.1 Å². The third-order valence-electron chi connectivity index (χ3n) is 2.19. The van der Waals surface area contributed by atoms with Gasteiger partial charge in [-0.2, -0.15) is 0 Å². The molecule has 0 spiro atoms. The van der Waals surface area contributed by atoms with E-state index in [1.54, 1.807) is 20.4 Å². The van der Waals surface area contributed by atoms with Crippen LogP contribution in [0.4, 0.5) is 0 Å². The van der Waals surface area contributed by atoms with Crippen LogP contribution < -0.4 is 25.3 Å². The van der Waals surface area contributed by atoms with Gasteiger partial charge in [0, 0.05) is 6.54 Å². The lowest BCUT2D eigenvalue weighted by atomic mass is 10.2. The topological polar surface area (TPSA) is 56.5 Å². The van der Waals surface area contributed by atoms with Crippen LogP contribution in [0.1, 0.15) is 12.5 Å². The van der Waals surface area contributed by atoms with Crippen molar-refractivity contribution in [3.05, 3.63) is 23.8 Å². The summed E-state index contributed by atoms with van der Waals surface area (Å²) >= 11 is 5.02. The van der Waals surface area contributed by atoms with Crippen molar-refractivity contribution < 1.29 is 14.6 Å². The van der Waals surface area contributed by atoms with Crippen molar-refractivity contribution in [1.29, 1.82) is 0 Å². The number of hydrazone groups is 1. The standard InChI is InChI=1S/C12H17N3O2S/c1-4-13-12(18)15-14-8-9-7-10(16-2)5-6-11(9)17-3/h5-8H,4H2,1-3H3,(H2,13,15,18)/p+1. The van der Waals surface area contributed by atoms with Crippen LogP contribution in [0.25, 0.3) is 0 Å². The van der Waals surface area contributed by atoms with E-state index >= 15 is 0 Å². The number of benzene rings is 1. The number of hydrogen-bond donors (Lipinski definition) is 3. The molecule has 1 aromatic rings. The van der Waals surface area contributed by atoms with E-state index in [1.165, 1.54) is 0 Å². The molecule has 98 valence electrons. The highest BCUT2D eigenvalue weighted by atomic mass is 32.1. The molecule has 0 bridgehead atoms. The minimum Gasteiger partial charge on any atom is -0.497 e. The predicted molar refractivity (Wildman–Crippen MR) is 75.1 cm³/mol. The second-order valence-corrected chi connectivity index (χ2v) is 3.79. The Balaban J connectivity index is 2.75. The van der Waals surface area contributed by atoms with Gasteiger partial charge in [-0.05, 0) is 37.3 Å². The van der Waals surface area contributed by atoms with Crippen molar-refractivity contribution in [2.24, 2.45) is 0 Å². The smallest absolute Gasteiger partial charge is 0.223 e. The van der Waals surface area contributed by atoms with Crippen LogP contribution in [-0.2, 0) is 0 Å². The molecule has 0 aliphatic rings. The fourth-order valence-electron chi connectivity index (χ4n) is 1.34.